The second-order valence-electron chi connectivity index (χ2n) is 7.04. The van der Waals surface area contributed by atoms with E-state index >= 15 is 0 Å². The highest BCUT2D eigenvalue weighted by molar-refractivity contribution is 6.31. The minimum absolute atomic E-state index is 0.353. The van der Waals surface area contributed by atoms with Crippen LogP contribution in [-0.2, 0) is 19.6 Å². The number of nitrogens with one attached hydrogen (secondary N) is 1. The first kappa shape index (κ1) is 21.0. The van der Waals surface area contributed by atoms with Crippen LogP contribution >= 0.6 is 11.6 Å². The summed E-state index contributed by atoms with van der Waals surface area (Å²) in [5.41, 5.74) is 4.42. The summed E-state index contributed by atoms with van der Waals surface area (Å²) in [7, 11) is 1.67. The third-order valence-electron chi connectivity index (χ3n) is 4.90. The van der Waals surface area contributed by atoms with Crippen LogP contribution in [0.25, 0.3) is 11.3 Å². The molecule has 0 spiro atoms. The van der Waals surface area contributed by atoms with E-state index in [0.717, 1.165) is 33.8 Å². The second kappa shape index (κ2) is 9.73. The molecule has 0 atom stereocenters. The predicted molar refractivity (Wildman–Crippen MR) is 120 cm³/mol. The number of aromatic nitrogens is 3. The van der Waals surface area contributed by atoms with Gasteiger partial charge in [0, 0.05) is 29.2 Å². The molecule has 0 amide bonds. The van der Waals surface area contributed by atoms with Crippen molar-refractivity contribution in [3.05, 3.63) is 100 Å². The van der Waals surface area contributed by atoms with E-state index in [1.165, 1.54) is 12.1 Å². The third kappa shape index (κ3) is 5.10. The first-order valence-corrected chi connectivity index (χ1v) is 10.3. The summed E-state index contributed by atoms with van der Waals surface area (Å²) < 4.78 is 18.8. The van der Waals surface area contributed by atoms with Crippen molar-refractivity contribution in [2.75, 3.05) is 7.11 Å². The SMILES string of the molecule is COc1ccccc1CNCc1nn(Cc2ccc(F)cc2Cl)nc1-c1ccccc1. The Morgan fingerprint density at radius 3 is 2.48 bits per heavy atom. The van der Waals surface area contributed by atoms with E-state index in [9.17, 15) is 4.39 Å². The maximum atomic E-state index is 13.4. The van der Waals surface area contributed by atoms with Crippen molar-refractivity contribution in [1.29, 1.82) is 0 Å². The summed E-state index contributed by atoms with van der Waals surface area (Å²) in [6.07, 6.45) is 0. The Hall–Kier alpha value is -3.22. The Balaban J connectivity index is 1.56. The zero-order valence-corrected chi connectivity index (χ0v) is 17.8. The molecule has 1 N–H and O–H groups in total. The van der Waals surface area contributed by atoms with Gasteiger partial charge in [0.2, 0.25) is 0 Å². The number of ether oxygens (including phenoxy) is 1. The Kier molecular flexibility index (Phi) is 6.60. The van der Waals surface area contributed by atoms with Gasteiger partial charge in [-0.1, -0.05) is 66.2 Å². The summed E-state index contributed by atoms with van der Waals surface area (Å²) in [5, 5.41) is 13.1. The molecule has 1 aromatic heterocycles. The number of hydrogen-bond acceptors (Lipinski definition) is 4. The molecule has 0 aliphatic rings. The Morgan fingerprint density at radius 2 is 1.71 bits per heavy atom. The van der Waals surface area contributed by atoms with Crippen LogP contribution in [0.3, 0.4) is 0 Å². The summed E-state index contributed by atoms with van der Waals surface area (Å²) in [6.45, 7) is 1.51. The average Bonchev–Trinajstić information content (AvgIpc) is 3.19. The lowest BCUT2D eigenvalue weighted by Crippen LogP contribution is -2.14. The monoisotopic (exact) mass is 436 g/mol. The maximum absolute atomic E-state index is 13.4. The highest BCUT2D eigenvalue weighted by Gasteiger charge is 2.14. The predicted octanol–water partition coefficient (Wildman–Crippen LogP) is 5.08. The van der Waals surface area contributed by atoms with Gasteiger partial charge in [-0.3, -0.25) is 0 Å². The van der Waals surface area contributed by atoms with E-state index in [2.05, 4.69) is 15.5 Å². The molecule has 0 radical (unpaired) electrons. The zero-order chi connectivity index (χ0) is 21.6. The first-order valence-electron chi connectivity index (χ1n) is 9.90. The van der Waals surface area contributed by atoms with Gasteiger partial charge in [0.1, 0.15) is 23.0 Å². The molecule has 5 nitrogen and oxygen atoms in total. The molecule has 0 aliphatic heterocycles. The van der Waals surface area contributed by atoms with Gasteiger partial charge >= 0.3 is 0 Å². The lowest BCUT2D eigenvalue weighted by molar-refractivity contribution is 0.407. The minimum atomic E-state index is -0.367. The van der Waals surface area contributed by atoms with Crippen molar-refractivity contribution >= 4 is 11.6 Å². The fourth-order valence-electron chi connectivity index (χ4n) is 3.36. The zero-order valence-electron chi connectivity index (χ0n) is 17.1. The van der Waals surface area contributed by atoms with Crippen molar-refractivity contribution in [3.8, 4) is 17.0 Å². The smallest absolute Gasteiger partial charge is 0.124 e. The van der Waals surface area contributed by atoms with Crippen molar-refractivity contribution in [2.24, 2.45) is 0 Å². The van der Waals surface area contributed by atoms with Crippen LogP contribution in [-0.4, -0.2) is 22.1 Å². The van der Waals surface area contributed by atoms with E-state index < -0.39 is 0 Å². The Morgan fingerprint density at radius 1 is 0.935 bits per heavy atom. The van der Waals surface area contributed by atoms with Gasteiger partial charge < -0.3 is 10.1 Å². The molecular weight excluding hydrogens is 415 g/mol. The van der Waals surface area contributed by atoms with Gasteiger partial charge in [-0.2, -0.15) is 15.0 Å². The van der Waals surface area contributed by atoms with E-state index in [1.54, 1.807) is 18.0 Å². The van der Waals surface area contributed by atoms with Gasteiger partial charge in [0.05, 0.1) is 13.7 Å². The van der Waals surface area contributed by atoms with Crippen LogP contribution in [0, 0.1) is 5.82 Å². The van der Waals surface area contributed by atoms with Crippen molar-refractivity contribution in [2.45, 2.75) is 19.6 Å². The summed E-state index contributed by atoms with van der Waals surface area (Å²) in [4.78, 5) is 1.60. The molecule has 4 rings (SSSR count). The molecule has 0 saturated heterocycles. The number of hydrogen-bond donors (Lipinski definition) is 1. The summed E-state index contributed by atoms with van der Waals surface area (Å²) in [6, 6.07) is 22.1. The van der Waals surface area contributed by atoms with E-state index in [-0.39, 0.29) is 5.82 Å². The largest absolute Gasteiger partial charge is 0.496 e. The first-order chi connectivity index (χ1) is 15.1. The van der Waals surface area contributed by atoms with Crippen molar-refractivity contribution < 1.29 is 9.13 Å². The molecule has 0 fully saturated rings. The van der Waals surface area contributed by atoms with Gasteiger partial charge in [-0.25, -0.2) is 4.39 Å². The molecule has 0 aliphatic carbocycles. The minimum Gasteiger partial charge on any atom is -0.496 e. The highest BCUT2D eigenvalue weighted by atomic mass is 35.5. The van der Waals surface area contributed by atoms with E-state index in [0.29, 0.717) is 24.7 Å². The van der Waals surface area contributed by atoms with Crippen molar-refractivity contribution in [3.63, 3.8) is 0 Å². The molecule has 4 aromatic rings. The number of rotatable bonds is 8. The molecule has 3 aromatic carbocycles. The van der Waals surface area contributed by atoms with Gasteiger partial charge in [0.25, 0.3) is 0 Å². The molecule has 0 bridgehead atoms. The number of para-hydroxylation sites is 1. The number of benzene rings is 3. The van der Waals surface area contributed by atoms with Crippen LogP contribution in [0.1, 0.15) is 16.8 Å². The fourth-order valence-corrected chi connectivity index (χ4v) is 3.59. The third-order valence-corrected chi connectivity index (χ3v) is 5.25. The maximum Gasteiger partial charge on any atom is 0.124 e. The van der Waals surface area contributed by atoms with Gasteiger partial charge in [-0.15, -0.1) is 0 Å². The number of methoxy groups -OCH3 is 1. The molecular formula is C24H22ClFN4O. The van der Waals surface area contributed by atoms with Gasteiger partial charge in [-0.05, 0) is 23.8 Å². The summed E-state index contributed by atoms with van der Waals surface area (Å²) in [5.74, 6) is 0.473. The Bertz CT molecular complexity index is 1160. The summed E-state index contributed by atoms with van der Waals surface area (Å²) >= 11 is 6.19. The quantitative estimate of drug-likeness (QED) is 0.418. The van der Waals surface area contributed by atoms with Crippen LogP contribution in [0.2, 0.25) is 5.02 Å². The number of halogens is 2. The molecule has 0 unspecified atom stereocenters. The van der Waals surface area contributed by atoms with E-state index in [4.69, 9.17) is 16.3 Å². The van der Waals surface area contributed by atoms with Crippen LogP contribution in [0.15, 0.2) is 72.8 Å². The lowest BCUT2D eigenvalue weighted by Gasteiger charge is -2.09. The van der Waals surface area contributed by atoms with Crippen LogP contribution in [0.4, 0.5) is 4.39 Å². The average molecular weight is 437 g/mol. The van der Waals surface area contributed by atoms with Crippen LogP contribution in [0.5, 0.6) is 5.75 Å². The van der Waals surface area contributed by atoms with Crippen LogP contribution < -0.4 is 10.1 Å². The molecule has 0 saturated carbocycles. The standard InChI is InChI=1S/C24H22ClFN4O/c1-31-23-10-6-5-9-18(23)14-27-15-22-24(17-7-3-2-4-8-17)29-30(28-22)16-19-11-12-20(26)13-21(19)25/h2-13,27H,14-16H2,1H3. The fraction of sp³-hybridized carbons (Fsp3) is 0.167. The Labute approximate surface area is 185 Å². The number of nitrogens with zero attached hydrogens (tertiary/aromatic N) is 3. The second-order valence-corrected chi connectivity index (χ2v) is 7.45. The lowest BCUT2D eigenvalue weighted by atomic mass is 10.1. The van der Waals surface area contributed by atoms with Gasteiger partial charge in [0.15, 0.2) is 0 Å². The highest BCUT2D eigenvalue weighted by Crippen LogP contribution is 2.23. The normalized spacial score (nSPS) is 10.9. The molecule has 1 heterocycles. The topological polar surface area (TPSA) is 52.0 Å². The molecule has 7 heteroatoms. The molecule has 31 heavy (non-hydrogen) atoms. The molecule has 158 valence electrons. The van der Waals surface area contributed by atoms with Crippen molar-refractivity contribution in [1.82, 2.24) is 20.3 Å². The van der Waals surface area contributed by atoms with E-state index in [1.807, 2.05) is 54.6 Å².